The Balaban J connectivity index is 0.00000400. The number of hydrogen-bond acceptors (Lipinski definition) is 5. The molecule has 0 fully saturated rings. The van der Waals surface area contributed by atoms with E-state index in [9.17, 15) is 18.3 Å². The molecule has 5 N–H and O–H groups in total. The van der Waals surface area contributed by atoms with Crippen LogP contribution in [0.15, 0.2) is 91.0 Å². The molecule has 4 atom stereocenters. The number of aliphatic hydroxyl groups is 1. The van der Waals surface area contributed by atoms with Crippen molar-refractivity contribution in [1.82, 2.24) is 10.0 Å². The number of nitrogens with one attached hydrogen (secondary N) is 2. The molecule has 7 nitrogen and oxygen atoms in total. The van der Waals surface area contributed by atoms with Crippen LogP contribution in [-0.4, -0.2) is 37.3 Å². The lowest BCUT2D eigenvalue weighted by molar-refractivity contribution is -0.127. The highest BCUT2D eigenvalue weighted by molar-refractivity contribution is 7.89. The molecule has 0 aliphatic carbocycles. The maximum Gasteiger partial charge on any atom is 0.224 e. The molecule has 0 aliphatic rings. The Morgan fingerprint density at radius 3 is 1.88 bits per heavy atom. The molecule has 4 unspecified atom stereocenters. The Morgan fingerprint density at radius 2 is 1.35 bits per heavy atom. The van der Waals surface area contributed by atoms with Gasteiger partial charge in [-0.3, -0.25) is 4.79 Å². The topological polar surface area (TPSA) is 122 Å². The molecule has 0 aromatic heterocycles. The summed E-state index contributed by atoms with van der Waals surface area (Å²) in [5.41, 5.74) is 9.05. The molecular weight excluding hydrogens is 569 g/mol. The predicted octanol–water partition coefficient (Wildman–Crippen LogP) is 4.40. The summed E-state index contributed by atoms with van der Waals surface area (Å²) in [6.45, 7) is 3.80. The normalized spacial score (nSPS) is 14.2. The van der Waals surface area contributed by atoms with Gasteiger partial charge in [-0.15, -0.1) is 24.8 Å². The monoisotopic (exact) mass is 609 g/mol. The van der Waals surface area contributed by atoms with Crippen molar-refractivity contribution in [3.05, 3.63) is 108 Å². The summed E-state index contributed by atoms with van der Waals surface area (Å²) in [7, 11) is -3.73. The zero-order valence-electron chi connectivity index (χ0n) is 22.8. The summed E-state index contributed by atoms with van der Waals surface area (Å²) in [4.78, 5) is 13.5. The number of carbonyl (C=O) groups excluding carboxylic acids is 1. The number of benzene rings is 3. The minimum absolute atomic E-state index is 0. The molecule has 3 rings (SSSR count). The van der Waals surface area contributed by atoms with Gasteiger partial charge in [0.1, 0.15) is 0 Å². The van der Waals surface area contributed by atoms with Crippen LogP contribution in [0.1, 0.15) is 43.0 Å². The van der Waals surface area contributed by atoms with Crippen LogP contribution in [0.5, 0.6) is 0 Å². The van der Waals surface area contributed by atoms with E-state index in [0.717, 1.165) is 16.7 Å². The van der Waals surface area contributed by atoms with Crippen LogP contribution in [0.3, 0.4) is 0 Å². The highest BCUT2D eigenvalue weighted by atomic mass is 35.5. The SMILES string of the molecule is CC(C)C(CS(=O)(=O)NCc1ccccc1)C(=O)NC(Cc1ccccc1)C(O)CC(N)c1ccccc1.Cl.Cl. The van der Waals surface area contributed by atoms with Crippen molar-refractivity contribution in [2.75, 3.05) is 5.75 Å². The summed E-state index contributed by atoms with van der Waals surface area (Å²) >= 11 is 0. The van der Waals surface area contributed by atoms with Crippen molar-refractivity contribution in [2.45, 2.75) is 51.4 Å². The molecular formula is C30H41Cl2N3O4S. The van der Waals surface area contributed by atoms with E-state index in [1.165, 1.54) is 0 Å². The summed E-state index contributed by atoms with van der Waals surface area (Å²) < 4.78 is 28.4. The number of nitrogens with two attached hydrogens (primary N) is 1. The van der Waals surface area contributed by atoms with Crippen LogP contribution in [0.25, 0.3) is 0 Å². The van der Waals surface area contributed by atoms with Gasteiger partial charge in [-0.1, -0.05) is 105 Å². The number of aliphatic hydroxyl groups excluding tert-OH is 1. The summed E-state index contributed by atoms with van der Waals surface area (Å²) in [6, 6.07) is 27.2. The minimum Gasteiger partial charge on any atom is -0.391 e. The Morgan fingerprint density at radius 1 is 0.850 bits per heavy atom. The van der Waals surface area contributed by atoms with Gasteiger partial charge < -0.3 is 16.2 Å². The fourth-order valence-corrected chi connectivity index (χ4v) is 5.87. The summed E-state index contributed by atoms with van der Waals surface area (Å²) in [5.74, 6) is -1.78. The van der Waals surface area contributed by atoms with Crippen LogP contribution in [0, 0.1) is 11.8 Å². The maximum atomic E-state index is 13.5. The van der Waals surface area contributed by atoms with Gasteiger partial charge in [0.05, 0.1) is 23.8 Å². The minimum atomic E-state index is -3.73. The number of sulfonamides is 1. The number of hydrogen-bond donors (Lipinski definition) is 4. The molecule has 0 spiro atoms. The molecule has 10 heteroatoms. The number of amides is 1. The molecule has 1 amide bonds. The van der Waals surface area contributed by atoms with E-state index >= 15 is 0 Å². The quantitative estimate of drug-likeness (QED) is 0.216. The Labute approximate surface area is 250 Å². The smallest absolute Gasteiger partial charge is 0.224 e. The van der Waals surface area contributed by atoms with E-state index in [1.54, 1.807) is 0 Å². The van der Waals surface area contributed by atoms with Crippen molar-refractivity contribution in [2.24, 2.45) is 17.6 Å². The largest absolute Gasteiger partial charge is 0.391 e. The van der Waals surface area contributed by atoms with Gasteiger partial charge in [-0.25, -0.2) is 13.1 Å². The maximum absolute atomic E-state index is 13.5. The van der Waals surface area contributed by atoms with E-state index < -0.39 is 40.0 Å². The van der Waals surface area contributed by atoms with Gasteiger partial charge in [0.2, 0.25) is 15.9 Å². The molecule has 3 aromatic carbocycles. The average molecular weight is 611 g/mol. The number of carbonyl (C=O) groups is 1. The van der Waals surface area contributed by atoms with Crippen LogP contribution < -0.4 is 15.8 Å². The van der Waals surface area contributed by atoms with Gasteiger partial charge in [0, 0.05) is 12.6 Å². The molecule has 0 bridgehead atoms. The summed E-state index contributed by atoms with van der Waals surface area (Å²) in [6.07, 6.45) is -0.306. The van der Waals surface area contributed by atoms with Gasteiger partial charge >= 0.3 is 0 Å². The Kier molecular flexibility index (Phi) is 15.4. The lowest BCUT2D eigenvalue weighted by Gasteiger charge is -2.29. The standard InChI is InChI=1S/C30H39N3O4S.2ClH/c1-22(2)26(21-38(36,37)32-20-24-14-8-4-9-15-24)30(35)33-28(18-23-12-6-3-7-13-23)29(34)19-27(31)25-16-10-5-11-17-25;;/h3-17,22,26-29,32,34H,18-21,31H2,1-2H3,(H,33,35);2*1H. The van der Waals surface area contributed by atoms with Gasteiger partial charge in [-0.2, -0.15) is 0 Å². The molecule has 0 saturated heterocycles. The van der Waals surface area contributed by atoms with Crippen molar-refractivity contribution in [1.29, 1.82) is 0 Å². The van der Waals surface area contributed by atoms with Crippen LogP contribution >= 0.6 is 24.8 Å². The number of rotatable bonds is 14. The fourth-order valence-electron chi connectivity index (χ4n) is 4.36. The third kappa shape index (κ3) is 11.6. The Hall–Kier alpha value is -2.46. The van der Waals surface area contributed by atoms with Gasteiger partial charge in [0.15, 0.2) is 0 Å². The summed E-state index contributed by atoms with van der Waals surface area (Å²) in [5, 5.41) is 14.2. The predicted molar refractivity (Wildman–Crippen MR) is 166 cm³/mol. The first-order chi connectivity index (χ1) is 18.1. The molecule has 0 heterocycles. The number of halogens is 2. The van der Waals surface area contributed by atoms with Crippen LogP contribution in [0.4, 0.5) is 0 Å². The van der Waals surface area contributed by atoms with E-state index in [1.807, 2.05) is 105 Å². The highest BCUT2D eigenvalue weighted by Crippen LogP contribution is 2.20. The second-order valence-corrected chi connectivity index (χ2v) is 11.9. The lowest BCUT2D eigenvalue weighted by Crippen LogP contribution is -2.50. The van der Waals surface area contributed by atoms with E-state index in [0.29, 0.717) is 6.42 Å². The fraction of sp³-hybridized carbons (Fsp3) is 0.367. The van der Waals surface area contributed by atoms with Gasteiger partial charge in [-0.05, 0) is 35.4 Å². The third-order valence-corrected chi connectivity index (χ3v) is 8.08. The molecule has 0 saturated carbocycles. The molecule has 40 heavy (non-hydrogen) atoms. The first-order valence-corrected chi connectivity index (χ1v) is 14.6. The van der Waals surface area contributed by atoms with Crippen molar-refractivity contribution in [3.8, 4) is 0 Å². The van der Waals surface area contributed by atoms with Crippen LogP contribution in [-0.2, 0) is 27.8 Å². The molecule has 0 aliphatic heterocycles. The zero-order chi connectivity index (χ0) is 27.5. The van der Waals surface area contributed by atoms with Crippen LogP contribution in [0.2, 0.25) is 0 Å². The van der Waals surface area contributed by atoms with E-state index in [4.69, 9.17) is 5.73 Å². The van der Waals surface area contributed by atoms with E-state index in [-0.39, 0.29) is 49.5 Å². The second kappa shape index (κ2) is 17.4. The van der Waals surface area contributed by atoms with Crippen molar-refractivity contribution < 1.29 is 18.3 Å². The zero-order valence-corrected chi connectivity index (χ0v) is 25.3. The second-order valence-electron chi connectivity index (χ2n) is 10.1. The third-order valence-electron chi connectivity index (χ3n) is 6.69. The van der Waals surface area contributed by atoms with Gasteiger partial charge in [0.25, 0.3) is 0 Å². The van der Waals surface area contributed by atoms with E-state index in [2.05, 4.69) is 10.0 Å². The average Bonchev–Trinajstić information content (AvgIpc) is 2.91. The highest BCUT2D eigenvalue weighted by Gasteiger charge is 2.32. The first-order valence-electron chi connectivity index (χ1n) is 13.0. The molecule has 0 radical (unpaired) electrons. The first kappa shape index (κ1) is 35.6. The molecule has 220 valence electrons. The Bertz CT molecular complexity index is 1230. The lowest BCUT2D eigenvalue weighted by atomic mass is 9.92. The van der Waals surface area contributed by atoms with Crippen molar-refractivity contribution in [3.63, 3.8) is 0 Å². The molecule has 3 aromatic rings. The van der Waals surface area contributed by atoms with Crippen molar-refractivity contribution >= 4 is 40.7 Å².